The van der Waals surface area contributed by atoms with Crippen molar-refractivity contribution in [2.24, 2.45) is 0 Å². The predicted octanol–water partition coefficient (Wildman–Crippen LogP) is 2.59. The van der Waals surface area contributed by atoms with Crippen LogP contribution in [0.2, 0.25) is 0 Å². The Morgan fingerprint density at radius 3 is 2.81 bits per heavy atom. The van der Waals surface area contributed by atoms with Crippen molar-refractivity contribution in [2.45, 2.75) is 45.8 Å². The first-order chi connectivity index (χ1) is 9.91. The quantitative estimate of drug-likeness (QED) is 0.682. The Labute approximate surface area is 126 Å². The van der Waals surface area contributed by atoms with Crippen LogP contribution in [-0.4, -0.2) is 30.8 Å². The second kappa shape index (κ2) is 5.84. The number of esters is 1. The minimum absolute atomic E-state index is 0.0352. The molecular weight excluding hydrogens is 268 g/mol. The van der Waals surface area contributed by atoms with Crippen molar-refractivity contribution < 1.29 is 14.3 Å². The number of rotatable bonds is 4. The van der Waals surface area contributed by atoms with Crippen LogP contribution >= 0.6 is 0 Å². The fourth-order valence-corrected chi connectivity index (χ4v) is 2.57. The largest absolute Gasteiger partial charge is 0.486 e. The van der Waals surface area contributed by atoms with Crippen LogP contribution in [0.5, 0.6) is 5.75 Å². The lowest BCUT2D eigenvalue weighted by molar-refractivity contribution is -0.148. The van der Waals surface area contributed by atoms with Crippen molar-refractivity contribution in [3.05, 3.63) is 18.2 Å². The lowest BCUT2D eigenvalue weighted by atomic mass is 9.98. The molecule has 5 nitrogen and oxygen atoms in total. The minimum Gasteiger partial charge on any atom is -0.486 e. The fraction of sp³-hybridized carbons (Fsp3) is 0.562. The summed E-state index contributed by atoms with van der Waals surface area (Å²) in [6.45, 7) is 8.57. The van der Waals surface area contributed by atoms with Gasteiger partial charge in [0.15, 0.2) is 0 Å². The summed E-state index contributed by atoms with van der Waals surface area (Å²) in [7, 11) is 0. The van der Waals surface area contributed by atoms with Gasteiger partial charge >= 0.3 is 5.97 Å². The Balaban J connectivity index is 2.45. The molecule has 2 N–H and O–H groups in total. The molecule has 1 heterocycles. The topological polar surface area (TPSA) is 64.8 Å². The number of benzene rings is 1. The second-order valence-corrected chi connectivity index (χ2v) is 5.73. The molecule has 0 bridgehead atoms. The molecule has 0 spiro atoms. The van der Waals surface area contributed by atoms with Crippen molar-refractivity contribution in [2.75, 3.05) is 23.8 Å². The van der Waals surface area contributed by atoms with Crippen molar-refractivity contribution in [1.29, 1.82) is 0 Å². The highest BCUT2D eigenvalue weighted by Gasteiger charge is 2.41. The van der Waals surface area contributed by atoms with E-state index >= 15 is 0 Å². The maximum atomic E-state index is 12.3. The van der Waals surface area contributed by atoms with E-state index < -0.39 is 5.54 Å². The van der Waals surface area contributed by atoms with E-state index in [1.165, 1.54) is 0 Å². The lowest BCUT2D eigenvalue weighted by Gasteiger charge is -2.44. The van der Waals surface area contributed by atoms with Gasteiger partial charge in [-0.15, -0.1) is 0 Å². The van der Waals surface area contributed by atoms with E-state index in [9.17, 15) is 4.79 Å². The maximum absolute atomic E-state index is 12.3. The van der Waals surface area contributed by atoms with Crippen molar-refractivity contribution in [3.8, 4) is 5.75 Å². The van der Waals surface area contributed by atoms with Gasteiger partial charge in [0.05, 0.1) is 18.8 Å². The molecule has 0 saturated heterocycles. The van der Waals surface area contributed by atoms with E-state index in [-0.39, 0.29) is 12.1 Å². The monoisotopic (exact) mass is 292 g/mol. The minimum atomic E-state index is -0.794. The number of carbonyl (C=O) groups excluding carboxylic acids is 1. The molecule has 2 rings (SSSR count). The third-order valence-electron chi connectivity index (χ3n) is 3.89. The molecule has 5 heteroatoms. The SMILES string of the molecule is CCOC(=O)C(C)(C)N1CC(CC)Oc2cccc(N)c21. The van der Waals surface area contributed by atoms with Gasteiger partial charge in [-0.2, -0.15) is 0 Å². The molecule has 1 aliphatic heterocycles. The second-order valence-electron chi connectivity index (χ2n) is 5.73. The van der Waals surface area contributed by atoms with Gasteiger partial charge in [-0.25, -0.2) is 4.79 Å². The van der Waals surface area contributed by atoms with Gasteiger partial charge < -0.3 is 20.1 Å². The molecule has 116 valence electrons. The van der Waals surface area contributed by atoms with Crippen molar-refractivity contribution in [1.82, 2.24) is 0 Å². The summed E-state index contributed by atoms with van der Waals surface area (Å²) in [6, 6.07) is 5.58. The number of nitrogen functional groups attached to an aromatic ring is 1. The molecule has 21 heavy (non-hydrogen) atoms. The Hall–Kier alpha value is -1.91. The molecule has 0 radical (unpaired) electrons. The highest BCUT2D eigenvalue weighted by Crippen LogP contribution is 2.42. The molecule has 1 aromatic rings. The van der Waals surface area contributed by atoms with Crippen LogP contribution in [0, 0.1) is 0 Å². The van der Waals surface area contributed by atoms with Crippen LogP contribution in [-0.2, 0) is 9.53 Å². The van der Waals surface area contributed by atoms with Gasteiger partial charge in [-0.05, 0) is 39.3 Å². The van der Waals surface area contributed by atoms with Gasteiger partial charge in [-0.1, -0.05) is 13.0 Å². The molecule has 0 aromatic heterocycles. The number of carbonyl (C=O) groups is 1. The highest BCUT2D eigenvalue weighted by atomic mass is 16.5. The number of anilines is 2. The van der Waals surface area contributed by atoms with Crippen LogP contribution in [0.3, 0.4) is 0 Å². The fourth-order valence-electron chi connectivity index (χ4n) is 2.57. The summed E-state index contributed by atoms with van der Waals surface area (Å²) in [6.07, 6.45) is 0.900. The van der Waals surface area contributed by atoms with Crippen LogP contribution in [0.1, 0.15) is 34.1 Å². The average molecular weight is 292 g/mol. The summed E-state index contributed by atoms with van der Waals surface area (Å²) in [4.78, 5) is 14.3. The van der Waals surface area contributed by atoms with E-state index in [0.29, 0.717) is 18.8 Å². The smallest absolute Gasteiger partial charge is 0.331 e. The highest BCUT2D eigenvalue weighted by molar-refractivity contribution is 5.88. The zero-order valence-corrected chi connectivity index (χ0v) is 13.2. The summed E-state index contributed by atoms with van der Waals surface area (Å²) in [5, 5.41) is 0. The van der Waals surface area contributed by atoms with Gasteiger partial charge in [0.1, 0.15) is 23.1 Å². The van der Waals surface area contributed by atoms with Crippen molar-refractivity contribution >= 4 is 17.3 Å². The maximum Gasteiger partial charge on any atom is 0.331 e. The zero-order valence-electron chi connectivity index (χ0n) is 13.2. The number of nitrogens with two attached hydrogens (primary N) is 1. The molecule has 1 unspecified atom stereocenters. The van der Waals surface area contributed by atoms with Crippen LogP contribution in [0.4, 0.5) is 11.4 Å². The van der Waals surface area contributed by atoms with Gasteiger partial charge in [-0.3, -0.25) is 0 Å². The van der Waals surface area contributed by atoms with Gasteiger partial charge in [0.25, 0.3) is 0 Å². The number of para-hydroxylation sites is 1. The molecule has 1 aliphatic rings. The van der Waals surface area contributed by atoms with E-state index in [0.717, 1.165) is 17.9 Å². The first kappa shape index (κ1) is 15.5. The van der Waals surface area contributed by atoms with E-state index in [1.54, 1.807) is 0 Å². The molecule has 0 amide bonds. The Kier molecular flexibility index (Phi) is 4.30. The third-order valence-corrected chi connectivity index (χ3v) is 3.89. The summed E-state index contributed by atoms with van der Waals surface area (Å²) in [5.41, 5.74) is 6.71. The summed E-state index contributed by atoms with van der Waals surface area (Å²) >= 11 is 0. The Morgan fingerprint density at radius 2 is 2.19 bits per heavy atom. The molecular formula is C16H24N2O3. The van der Waals surface area contributed by atoms with Crippen LogP contribution in [0.25, 0.3) is 0 Å². The average Bonchev–Trinajstić information content (AvgIpc) is 2.46. The molecule has 1 aromatic carbocycles. The van der Waals surface area contributed by atoms with Crippen molar-refractivity contribution in [3.63, 3.8) is 0 Å². The number of hydrogen-bond donors (Lipinski definition) is 1. The molecule has 0 saturated carbocycles. The van der Waals surface area contributed by atoms with Gasteiger partial charge in [0, 0.05) is 0 Å². The van der Waals surface area contributed by atoms with Gasteiger partial charge in [0.2, 0.25) is 0 Å². The molecule has 0 fully saturated rings. The van der Waals surface area contributed by atoms with E-state index in [2.05, 4.69) is 6.92 Å². The lowest BCUT2D eigenvalue weighted by Crippen LogP contribution is -2.56. The Bertz CT molecular complexity index is 528. The summed E-state index contributed by atoms with van der Waals surface area (Å²) < 4.78 is 11.2. The third kappa shape index (κ3) is 2.77. The standard InChI is InChI=1S/C16H24N2O3/c1-5-11-10-18(16(3,4)15(19)20-6-2)14-12(17)8-7-9-13(14)21-11/h7-9,11H,5-6,10,17H2,1-4H3. The number of nitrogens with zero attached hydrogens (tertiary/aromatic N) is 1. The van der Waals surface area contributed by atoms with E-state index in [4.69, 9.17) is 15.2 Å². The normalized spacial score (nSPS) is 17.9. The molecule has 0 aliphatic carbocycles. The molecule has 1 atom stereocenters. The zero-order chi connectivity index (χ0) is 15.6. The summed E-state index contributed by atoms with van der Waals surface area (Å²) in [5.74, 6) is 0.474. The predicted molar refractivity (Wildman–Crippen MR) is 83.6 cm³/mol. The number of hydrogen-bond acceptors (Lipinski definition) is 5. The Morgan fingerprint density at radius 1 is 1.48 bits per heavy atom. The van der Waals surface area contributed by atoms with E-state index in [1.807, 2.05) is 43.9 Å². The first-order valence-corrected chi connectivity index (χ1v) is 7.41. The number of fused-ring (bicyclic) bond motifs is 1. The van der Waals surface area contributed by atoms with Crippen LogP contribution < -0.4 is 15.4 Å². The van der Waals surface area contributed by atoms with Crippen LogP contribution in [0.15, 0.2) is 18.2 Å². The number of ether oxygens (including phenoxy) is 2. The first-order valence-electron chi connectivity index (χ1n) is 7.41.